The van der Waals surface area contributed by atoms with Gasteiger partial charge in [-0.3, -0.25) is 25.0 Å². The van der Waals surface area contributed by atoms with Gasteiger partial charge in [0.25, 0.3) is 11.4 Å². The number of non-ortho nitro benzene ring substituents is 2. The molecule has 0 radical (unpaired) electrons. The number of hydrogen-bond donors (Lipinski definition) is 3. The monoisotopic (exact) mass is 620 g/mol. The van der Waals surface area contributed by atoms with E-state index in [9.17, 15) is 35.2 Å². The third-order valence-electron chi connectivity index (χ3n) is 8.45. The van der Waals surface area contributed by atoms with E-state index in [2.05, 4.69) is 26.1 Å². The summed E-state index contributed by atoms with van der Waals surface area (Å²) in [7, 11) is 0. The van der Waals surface area contributed by atoms with Crippen molar-refractivity contribution in [1.29, 1.82) is 0 Å². The van der Waals surface area contributed by atoms with Crippen molar-refractivity contribution in [1.82, 2.24) is 5.32 Å². The normalized spacial score (nSPS) is 18.0. The Balaban J connectivity index is 1.47. The summed E-state index contributed by atoms with van der Waals surface area (Å²) < 4.78 is 6.06. The molecule has 0 aliphatic heterocycles. The van der Waals surface area contributed by atoms with Gasteiger partial charge in [-0.1, -0.05) is 39.3 Å². The summed E-state index contributed by atoms with van der Waals surface area (Å²) in [6.45, 7) is 6.87. The Morgan fingerprint density at radius 2 is 1.49 bits per heavy atom. The fourth-order valence-corrected chi connectivity index (χ4v) is 5.84. The Morgan fingerprint density at radius 1 is 0.933 bits per heavy atom. The maximum atomic E-state index is 12.6. The van der Waals surface area contributed by atoms with Crippen LogP contribution in [0, 0.1) is 38.0 Å². The number of hydrogen-bond acceptors (Lipinski definition) is 9. The molecule has 1 fully saturated rings. The summed E-state index contributed by atoms with van der Waals surface area (Å²) >= 11 is 0. The van der Waals surface area contributed by atoms with Crippen molar-refractivity contribution in [3.05, 3.63) is 97.6 Å². The summed E-state index contributed by atoms with van der Waals surface area (Å²) in [4.78, 5) is 35.9. The number of rotatable bonds is 13. The van der Waals surface area contributed by atoms with E-state index in [0.29, 0.717) is 23.4 Å². The maximum Gasteiger partial charge on any atom is 0.270 e. The molecule has 0 bridgehead atoms. The van der Waals surface area contributed by atoms with Crippen LogP contribution in [0.1, 0.15) is 56.7 Å². The zero-order valence-corrected chi connectivity index (χ0v) is 25.7. The van der Waals surface area contributed by atoms with Gasteiger partial charge in [0, 0.05) is 60.7 Å². The number of aromatic hydroxyl groups is 2. The summed E-state index contributed by atoms with van der Waals surface area (Å²) in [6.07, 6.45) is 3.31. The number of carbonyl (C=O) groups is 1. The number of anilines is 1. The maximum absolute atomic E-state index is 12.6. The molecule has 12 nitrogen and oxygen atoms in total. The molecule has 12 heteroatoms. The fourth-order valence-electron chi connectivity index (χ4n) is 5.84. The smallest absolute Gasteiger partial charge is 0.270 e. The van der Waals surface area contributed by atoms with E-state index in [1.54, 1.807) is 17.0 Å². The van der Waals surface area contributed by atoms with E-state index < -0.39 is 9.85 Å². The van der Waals surface area contributed by atoms with Crippen LogP contribution in [0.2, 0.25) is 0 Å². The summed E-state index contributed by atoms with van der Waals surface area (Å²) in [5, 5.41) is 46.5. The average Bonchev–Trinajstić information content (AvgIpc) is 3.00. The minimum absolute atomic E-state index is 0.000220. The van der Waals surface area contributed by atoms with E-state index >= 15 is 0 Å². The SMILES string of the molecule is CC1CCC(C(C)C)C(OCC(=O)NCc2ccc(N(Cc3cc([N+](=O)[O-])ccc3O)Cc3cc([N+](=O)[O-])ccc3O)cc2)C1. The van der Waals surface area contributed by atoms with Crippen molar-refractivity contribution in [3.63, 3.8) is 0 Å². The van der Waals surface area contributed by atoms with Gasteiger partial charge in [-0.15, -0.1) is 0 Å². The van der Waals surface area contributed by atoms with Gasteiger partial charge in [-0.25, -0.2) is 0 Å². The number of carbonyl (C=O) groups excluding carboxylic acids is 1. The van der Waals surface area contributed by atoms with Gasteiger partial charge in [0.15, 0.2) is 0 Å². The predicted molar refractivity (Wildman–Crippen MR) is 169 cm³/mol. The third kappa shape index (κ3) is 8.91. The van der Waals surface area contributed by atoms with Crippen LogP contribution in [0.3, 0.4) is 0 Å². The molecular formula is C33H40N4O8. The van der Waals surface area contributed by atoms with E-state index in [1.165, 1.54) is 42.8 Å². The molecule has 1 aliphatic rings. The number of nitro groups is 2. The first kappa shape index (κ1) is 33.2. The molecule has 1 saturated carbocycles. The molecule has 240 valence electrons. The molecule has 1 amide bonds. The minimum Gasteiger partial charge on any atom is -0.508 e. The van der Waals surface area contributed by atoms with Crippen molar-refractivity contribution in [2.24, 2.45) is 17.8 Å². The highest BCUT2D eigenvalue weighted by molar-refractivity contribution is 5.77. The average molecular weight is 621 g/mol. The van der Waals surface area contributed by atoms with Crippen molar-refractivity contribution in [2.45, 2.75) is 65.8 Å². The molecule has 45 heavy (non-hydrogen) atoms. The Hall–Kier alpha value is -4.71. The Bertz CT molecular complexity index is 1450. The Morgan fingerprint density at radius 3 is 2.00 bits per heavy atom. The number of phenols is 2. The second-order valence-corrected chi connectivity index (χ2v) is 12.1. The van der Waals surface area contributed by atoms with Crippen molar-refractivity contribution in [3.8, 4) is 11.5 Å². The van der Waals surface area contributed by atoms with E-state index in [-0.39, 0.29) is 72.3 Å². The highest BCUT2D eigenvalue weighted by atomic mass is 16.6. The number of ether oxygens (including phenoxy) is 1. The van der Waals surface area contributed by atoms with Crippen LogP contribution < -0.4 is 10.2 Å². The summed E-state index contributed by atoms with van der Waals surface area (Å²) in [6, 6.07) is 14.6. The number of nitrogens with zero attached hydrogens (tertiary/aromatic N) is 3. The molecular weight excluding hydrogens is 580 g/mol. The predicted octanol–water partition coefficient (Wildman–Crippen LogP) is 6.21. The van der Waals surface area contributed by atoms with Crippen molar-refractivity contribution in [2.75, 3.05) is 11.5 Å². The molecule has 4 rings (SSSR count). The largest absolute Gasteiger partial charge is 0.508 e. The molecule has 0 aromatic heterocycles. The lowest BCUT2D eigenvalue weighted by atomic mass is 9.75. The van der Waals surface area contributed by atoms with E-state index in [0.717, 1.165) is 18.4 Å². The molecule has 3 aromatic carbocycles. The molecule has 0 heterocycles. The van der Waals surface area contributed by atoms with Crippen LogP contribution in [-0.4, -0.2) is 38.7 Å². The van der Waals surface area contributed by atoms with Crippen LogP contribution in [0.25, 0.3) is 0 Å². The van der Waals surface area contributed by atoms with Gasteiger partial charge in [-0.2, -0.15) is 0 Å². The fraction of sp³-hybridized carbons (Fsp3) is 0.424. The van der Waals surface area contributed by atoms with Crippen LogP contribution in [0.5, 0.6) is 11.5 Å². The van der Waals surface area contributed by atoms with Crippen LogP contribution >= 0.6 is 0 Å². The van der Waals surface area contributed by atoms with Gasteiger partial charge in [-0.05, 0) is 60.4 Å². The van der Waals surface area contributed by atoms with Crippen molar-refractivity contribution < 1.29 is 29.6 Å². The van der Waals surface area contributed by atoms with E-state index in [4.69, 9.17) is 4.74 Å². The second-order valence-electron chi connectivity index (χ2n) is 12.1. The summed E-state index contributed by atoms with van der Waals surface area (Å²) in [5.74, 6) is 0.996. The Kier molecular flexibility index (Phi) is 10.9. The molecule has 0 saturated heterocycles. The van der Waals surface area contributed by atoms with Gasteiger partial charge in [0.1, 0.15) is 18.1 Å². The first-order valence-electron chi connectivity index (χ1n) is 15.1. The molecule has 3 aromatic rings. The Labute approximate surface area is 261 Å². The van der Waals surface area contributed by atoms with Gasteiger partial charge in [0.05, 0.1) is 16.0 Å². The standard InChI is InChI=1S/C33H40N4O8/c1-21(2)29-11-4-22(3)14-32(29)45-20-33(40)34-17-23-5-7-26(8-6-23)35(18-24-15-27(36(41)42)9-12-30(24)38)19-25-16-28(37(43)44)10-13-31(25)39/h5-10,12-13,15-16,21-22,29,32,38-39H,4,11,14,17-20H2,1-3H3,(H,34,40). The first-order valence-corrected chi connectivity index (χ1v) is 15.1. The highest BCUT2D eigenvalue weighted by Crippen LogP contribution is 2.35. The van der Waals surface area contributed by atoms with Crippen molar-refractivity contribution >= 4 is 23.0 Å². The quantitative estimate of drug-likeness (QED) is 0.148. The number of phenolic OH excluding ortho intramolecular Hbond substituents is 2. The molecule has 0 spiro atoms. The first-order chi connectivity index (χ1) is 21.4. The molecule has 3 atom stereocenters. The highest BCUT2D eigenvalue weighted by Gasteiger charge is 2.31. The number of amides is 1. The lowest BCUT2D eigenvalue weighted by molar-refractivity contribution is -0.385. The van der Waals surface area contributed by atoms with Gasteiger partial charge >= 0.3 is 0 Å². The molecule has 1 aliphatic carbocycles. The lowest BCUT2D eigenvalue weighted by Gasteiger charge is -2.37. The van der Waals surface area contributed by atoms with Crippen LogP contribution in [0.15, 0.2) is 60.7 Å². The zero-order valence-electron chi connectivity index (χ0n) is 25.7. The lowest BCUT2D eigenvalue weighted by Crippen LogP contribution is -2.37. The van der Waals surface area contributed by atoms with Crippen LogP contribution in [0.4, 0.5) is 17.1 Å². The minimum atomic E-state index is -0.563. The van der Waals surface area contributed by atoms with E-state index in [1.807, 2.05) is 12.1 Å². The zero-order chi connectivity index (χ0) is 32.7. The molecule has 3 unspecified atom stereocenters. The molecule has 3 N–H and O–H groups in total. The third-order valence-corrected chi connectivity index (χ3v) is 8.45. The van der Waals surface area contributed by atoms with Crippen LogP contribution in [-0.2, 0) is 29.2 Å². The summed E-state index contributed by atoms with van der Waals surface area (Å²) in [5.41, 5.74) is 1.56. The number of nitro benzene ring substituents is 2. The number of nitrogens with one attached hydrogen (secondary N) is 1. The number of benzene rings is 3. The van der Waals surface area contributed by atoms with Gasteiger partial charge in [0.2, 0.25) is 5.91 Å². The van der Waals surface area contributed by atoms with Gasteiger partial charge < -0.3 is 25.2 Å². The second kappa shape index (κ2) is 14.8. The topological polar surface area (TPSA) is 168 Å².